The molecule has 0 radical (unpaired) electrons. The lowest BCUT2D eigenvalue weighted by Crippen LogP contribution is -2.48. The number of benzene rings is 1. The number of amides is 1. The van der Waals surface area contributed by atoms with E-state index in [1.165, 1.54) is 4.31 Å². The Labute approximate surface area is 159 Å². The number of hydrogen-bond acceptors (Lipinski definition) is 5. The molecule has 1 saturated heterocycles. The van der Waals surface area contributed by atoms with Gasteiger partial charge in [0.1, 0.15) is 11.8 Å². The molecule has 0 bridgehead atoms. The molecule has 9 heteroatoms. The van der Waals surface area contributed by atoms with E-state index in [0.717, 1.165) is 0 Å². The van der Waals surface area contributed by atoms with Crippen LogP contribution in [0.5, 0.6) is 5.75 Å². The SMILES string of the molecule is CC(C)C(C(=O)Nc1ccc(OCCCC(=O)O)cc1)N1CCCS1(=O)=O. The fraction of sp³-hybridized carbons (Fsp3) is 0.556. The van der Waals surface area contributed by atoms with Crippen LogP contribution in [0.4, 0.5) is 5.69 Å². The molecule has 1 aromatic rings. The van der Waals surface area contributed by atoms with Gasteiger partial charge in [0.25, 0.3) is 0 Å². The second kappa shape index (κ2) is 9.18. The van der Waals surface area contributed by atoms with Gasteiger partial charge in [0.05, 0.1) is 12.4 Å². The van der Waals surface area contributed by atoms with Crippen LogP contribution in [-0.2, 0) is 19.6 Å². The second-order valence-electron chi connectivity index (χ2n) is 6.83. The fourth-order valence-electron chi connectivity index (χ4n) is 3.00. The molecule has 1 heterocycles. The van der Waals surface area contributed by atoms with Gasteiger partial charge in [-0.15, -0.1) is 0 Å². The standard InChI is InChI=1S/C18H26N2O6S/c1-13(2)17(20-10-4-12-27(20,24)25)18(23)19-14-6-8-15(9-7-14)26-11-3-5-16(21)22/h6-9,13,17H,3-5,10-12H2,1-2H3,(H,19,23)(H,21,22). The summed E-state index contributed by atoms with van der Waals surface area (Å²) in [5.74, 6) is -0.727. The van der Waals surface area contributed by atoms with Gasteiger partial charge in [-0.2, -0.15) is 4.31 Å². The molecule has 1 aliphatic rings. The summed E-state index contributed by atoms with van der Waals surface area (Å²) in [7, 11) is -3.38. The smallest absolute Gasteiger partial charge is 0.303 e. The van der Waals surface area contributed by atoms with Crippen LogP contribution in [0, 0.1) is 5.92 Å². The van der Waals surface area contributed by atoms with Gasteiger partial charge in [0, 0.05) is 18.7 Å². The van der Waals surface area contributed by atoms with E-state index in [1.54, 1.807) is 24.3 Å². The predicted octanol–water partition coefficient (Wildman–Crippen LogP) is 1.93. The maximum atomic E-state index is 12.7. The Morgan fingerprint density at radius 3 is 2.44 bits per heavy atom. The van der Waals surface area contributed by atoms with Crippen molar-refractivity contribution in [2.45, 2.75) is 39.2 Å². The molecule has 0 aromatic heterocycles. The average Bonchev–Trinajstić information content (AvgIpc) is 2.92. The Hall–Kier alpha value is -2.13. The Bertz CT molecular complexity index is 761. The zero-order valence-electron chi connectivity index (χ0n) is 15.6. The van der Waals surface area contributed by atoms with Crippen LogP contribution in [-0.4, -0.2) is 54.7 Å². The number of rotatable bonds is 9. The molecule has 8 nitrogen and oxygen atoms in total. The maximum Gasteiger partial charge on any atom is 0.303 e. The van der Waals surface area contributed by atoms with Crippen LogP contribution in [0.2, 0.25) is 0 Å². The second-order valence-corrected chi connectivity index (χ2v) is 8.87. The largest absolute Gasteiger partial charge is 0.494 e. The topological polar surface area (TPSA) is 113 Å². The number of carbonyl (C=O) groups excluding carboxylic acids is 1. The summed E-state index contributed by atoms with van der Waals surface area (Å²) in [6, 6.07) is 5.94. The Morgan fingerprint density at radius 1 is 1.26 bits per heavy atom. The first-order chi connectivity index (χ1) is 12.7. The summed E-state index contributed by atoms with van der Waals surface area (Å²) in [4.78, 5) is 23.1. The first-order valence-corrected chi connectivity index (χ1v) is 10.6. The minimum atomic E-state index is -3.38. The molecule has 0 spiro atoms. The van der Waals surface area contributed by atoms with Gasteiger partial charge in [0.15, 0.2) is 0 Å². The monoisotopic (exact) mass is 398 g/mol. The lowest BCUT2D eigenvalue weighted by atomic mass is 10.0. The zero-order chi connectivity index (χ0) is 20.0. The molecule has 150 valence electrons. The highest BCUT2D eigenvalue weighted by molar-refractivity contribution is 7.89. The molecule has 1 unspecified atom stereocenters. The van der Waals surface area contributed by atoms with E-state index in [9.17, 15) is 18.0 Å². The van der Waals surface area contributed by atoms with Crippen LogP contribution >= 0.6 is 0 Å². The molecule has 1 aliphatic heterocycles. The normalized spacial score (nSPS) is 17.6. The van der Waals surface area contributed by atoms with Gasteiger partial charge in [-0.25, -0.2) is 8.42 Å². The van der Waals surface area contributed by atoms with Gasteiger partial charge in [-0.3, -0.25) is 9.59 Å². The summed E-state index contributed by atoms with van der Waals surface area (Å²) in [5.41, 5.74) is 0.542. The van der Waals surface area contributed by atoms with Gasteiger partial charge >= 0.3 is 5.97 Å². The van der Waals surface area contributed by atoms with Crippen molar-refractivity contribution >= 4 is 27.6 Å². The number of anilines is 1. The van der Waals surface area contributed by atoms with Crippen molar-refractivity contribution in [1.82, 2.24) is 4.31 Å². The van der Waals surface area contributed by atoms with E-state index in [1.807, 2.05) is 13.8 Å². The third-order valence-electron chi connectivity index (χ3n) is 4.27. The molecule has 27 heavy (non-hydrogen) atoms. The van der Waals surface area contributed by atoms with Gasteiger partial charge in [0.2, 0.25) is 15.9 Å². The quantitative estimate of drug-likeness (QED) is 0.615. The lowest BCUT2D eigenvalue weighted by molar-refractivity contribution is -0.137. The first kappa shape index (κ1) is 21.2. The molecule has 1 atom stereocenters. The number of nitrogens with zero attached hydrogens (tertiary/aromatic N) is 1. The molecule has 0 aliphatic carbocycles. The van der Waals surface area contributed by atoms with E-state index in [-0.39, 0.29) is 24.0 Å². The zero-order valence-corrected chi connectivity index (χ0v) is 16.4. The summed E-state index contributed by atoms with van der Waals surface area (Å²) in [6.45, 7) is 4.31. The summed E-state index contributed by atoms with van der Waals surface area (Å²) in [5, 5.41) is 11.4. The van der Waals surface area contributed by atoms with Crippen LogP contribution in [0.1, 0.15) is 33.1 Å². The van der Waals surface area contributed by atoms with Crippen LogP contribution in [0.25, 0.3) is 0 Å². The van der Waals surface area contributed by atoms with Crippen LogP contribution in [0.3, 0.4) is 0 Å². The number of carbonyl (C=O) groups is 2. The summed E-state index contributed by atoms with van der Waals surface area (Å²) in [6.07, 6.45) is 0.991. The molecule has 2 rings (SSSR count). The first-order valence-electron chi connectivity index (χ1n) is 8.96. The van der Waals surface area contributed by atoms with Gasteiger partial charge < -0.3 is 15.2 Å². The molecular weight excluding hydrogens is 372 g/mol. The lowest BCUT2D eigenvalue weighted by Gasteiger charge is -2.28. The van der Waals surface area contributed by atoms with Crippen molar-refractivity contribution in [3.63, 3.8) is 0 Å². The average molecular weight is 398 g/mol. The minimum Gasteiger partial charge on any atom is -0.494 e. The Kier molecular flexibility index (Phi) is 7.20. The van der Waals surface area contributed by atoms with Crippen molar-refractivity contribution in [2.75, 3.05) is 24.2 Å². The highest BCUT2D eigenvalue weighted by atomic mass is 32.2. The van der Waals surface area contributed by atoms with Crippen molar-refractivity contribution in [3.8, 4) is 5.75 Å². The predicted molar refractivity (Wildman–Crippen MR) is 101 cm³/mol. The van der Waals surface area contributed by atoms with E-state index >= 15 is 0 Å². The molecule has 1 amide bonds. The van der Waals surface area contributed by atoms with E-state index in [2.05, 4.69) is 5.32 Å². The van der Waals surface area contributed by atoms with Crippen molar-refractivity contribution in [3.05, 3.63) is 24.3 Å². The third kappa shape index (κ3) is 5.93. The van der Waals surface area contributed by atoms with Crippen molar-refractivity contribution in [1.29, 1.82) is 0 Å². The molecular formula is C18H26N2O6S. The number of nitrogens with one attached hydrogen (secondary N) is 1. The van der Waals surface area contributed by atoms with Crippen molar-refractivity contribution in [2.24, 2.45) is 5.92 Å². The number of aliphatic carboxylic acids is 1. The number of ether oxygens (including phenoxy) is 1. The Balaban J connectivity index is 1.96. The minimum absolute atomic E-state index is 0.0458. The molecule has 1 aromatic carbocycles. The van der Waals surface area contributed by atoms with Crippen LogP contribution in [0.15, 0.2) is 24.3 Å². The number of carboxylic acids is 1. The molecule has 2 N–H and O–H groups in total. The van der Waals surface area contributed by atoms with Crippen LogP contribution < -0.4 is 10.1 Å². The van der Waals surface area contributed by atoms with E-state index in [4.69, 9.17) is 9.84 Å². The molecule has 1 fully saturated rings. The van der Waals surface area contributed by atoms with E-state index in [0.29, 0.717) is 37.4 Å². The number of carboxylic acid groups (broad SMARTS) is 1. The van der Waals surface area contributed by atoms with E-state index < -0.39 is 22.0 Å². The van der Waals surface area contributed by atoms with Crippen molar-refractivity contribution < 1.29 is 27.9 Å². The van der Waals surface area contributed by atoms with Gasteiger partial charge in [-0.05, 0) is 43.0 Å². The number of hydrogen-bond donors (Lipinski definition) is 2. The highest BCUT2D eigenvalue weighted by Gasteiger charge is 2.39. The molecule has 0 saturated carbocycles. The number of sulfonamides is 1. The Morgan fingerprint density at radius 2 is 1.93 bits per heavy atom. The summed E-state index contributed by atoms with van der Waals surface area (Å²) < 4.78 is 31.1. The fourth-order valence-corrected chi connectivity index (χ4v) is 4.82. The maximum absolute atomic E-state index is 12.7. The highest BCUT2D eigenvalue weighted by Crippen LogP contribution is 2.24. The summed E-state index contributed by atoms with van der Waals surface area (Å²) >= 11 is 0. The van der Waals surface area contributed by atoms with Gasteiger partial charge in [-0.1, -0.05) is 13.8 Å². The third-order valence-corrected chi connectivity index (χ3v) is 6.20.